The predicted molar refractivity (Wildman–Crippen MR) is 70.7 cm³/mol. The normalized spacial score (nSPS) is 34.9. The Morgan fingerprint density at radius 1 is 1.31 bits per heavy atom. The molecule has 1 fully saturated rings. The van der Waals surface area contributed by atoms with Crippen LogP contribution in [0.15, 0.2) is 24.5 Å². The van der Waals surface area contributed by atoms with Crippen molar-refractivity contribution in [1.82, 2.24) is 4.98 Å². The van der Waals surface area contributed by atoms with Gasteiger partial charge in [0.15, 0.2) is 0 Å². The van der Waals surface area contributed by atoms with E-state index in [4.69, 9.17) is 5.73 Å². The number of nitrogens with zero attached hydrogens (tertiary/aromatic N) is 1. The van der Waals surface area contributed by atoms with Crippen LogP contribution in [-0.2, 0) is 0 Å². The monoisotopic (exact) mass is 236 g/mol. The molecule has 0 saturated heterocycles. The average Bonchev–Trinajstić information content (AvgIpc) is 2.30. The van der Waals surface area contributed by atoms with E-state index in [9.17, 15) is 0 Å². The van der Waals surface area contributed by atoms with Crippen LogP contribution in [0.2, 0.25) is 0 Å². The zero-order chi connectivity index (χ0) is 11.5. The zero-order valence-electron chi connectivity index (χ0n) is 9.97. The lowest BCUT2D eigenvalue weighted by Gasteiger charge is -2.38. The Balaban J connectivity index is 2.10. The van der Waals surface area contributed by atoms with Crippen LogP contribution in [0.3, 0.4) is 0 Å². The fourth-order valence-electron chi connectivity index (χ4n) is 2.88. The molecule has 0 amide bonds. The Morgan fingerprint density at radius 2 is 2.00 bits per heavy atom. The summed E-state index contributed by atoms with van der Waals surface area (Å²) in [7, 11) is 0. The van der Waals surface area contributed by atoms with Gasteiger partial charge >= 0.3 is 0 Å². The van der Waals surface area contributed by atoms with Gasteiger partial charge in [-0.2, -0.15) is 11.8 Å². The van der Waals surface area contributed by atoms with Crippen LogP contribution in [-0.4, -0.2) is 22.5 Å². The van der Waals surface area contributed by atoms with Gasteiger partial charge in [-0.25, -0.2) is 0 Å². The summed E-state index contributed by atoms with van der Waals surface area (Å²) < 4.78 is 0. The summed E-state index contributed by atoms with van der Waals surface area (Å²) in [6.07, 6.45) is 8.30. The molecule has 1 heterocycles. The second-order valence-corrected chi connectivity index (χ2v) is 5.81. The van der Waals surface area contributed by atoms with Crippen LogP contribution in [0.25, 0.3) is 0 Å². The van der Waals surface area contributed by atoms with Crippen LogP contribution >= 0.6 is 11.8 Å². The highest BCUT2D eigenvalue weighted by Crippen LogP contribution is 2.39. The highest BCUT2D eigenvalue weighted by Gasteiger charge is 2.33. The van der Waals surface area contributed by atoms with Crippen molar-refractivity contribution >= 4 is 11.8 Å². The molecule has 1 aromatic heterocycles. The first-order valence-electron chi connectivity index (χ1n) is 5.90. The minimum Gasteiger partial charge on any atom is -0.327 e. The van der Waals surface area contributed by atoms with Crippen LogP contribution in [0.1, 0.15) is 31.2 Å². The maximum atomic E-state index is 6.27. The Hall–Kier alpha value is -0.540. The molecule has 88 valence electrons. The number of rotatable bonds is 2. The third-order valence-electron chi connectivity index (χ3n) is 3.65. The Bertz CT molecular complexity index is 316. The standard InChI is InChI=1S/C13H20N2S/c1-9-7-11(8-12(14)13(9)16-2)10-3-5-15-6-4-10/h3-6,9,11-13H,7-8,14H2,1-2H3/t9-,11+,12+,13-/m0/s1. The summed E-state index contributed by atoms with van der Waals surface area (Å²) in [6, 6.07) is 4.59. The lowest BCUT2D eigenvalue weighted by atomic mass is 9.76. The third-order valence-corrected chi connectivity index (χ3v) is 5.00. The first-order chi connectivity index (χ1) is 7.72. The first-order valence-corrected chi connectivity index (χ1v) is 7.19. The van der Waals surface area contributed by atoms with Crippen molar-refractivity contribution in [1.29, 1.82) is 0 Å². The minimum atomic E-state index is 0.330. The molecule has 0 spiro atoms. The molecule has 2 N–H and O–H groups in total. The minimum absolute atomic E-state index is 0.330. The van der Waals surface area contributed by atoms with Crippen molar-refractivity contribution in [2.75, 3.05) is 6.26 Å². The van der Waals surface area contributed by atoms with E-state index in [-0.39, 0.29) is 0 Å². The molecular formula is C13H20N2S. The van der Waals surface area contributed by atoms with Gasteiger partial charge in [-0.05, 0) is 48.6 Å². The van der Waals surface area contributed by atoms with Gasteiger partial charge in [-0.3, -0.25) is 4.98 Å². The van der Waals surface area contributed by atoms with Gasteiger partial charge in [0.1, 0.15) is 0 Å². The van der Waals surface area contributed by atoms with E-state index in [0.29, 0.717) is 23.1 Å². The summed E-state index contributed by atoms with van der Waals surface area (Å²) in [5.74, 6) is 1.33. The van der Waals surface area contributed by atoms with Crippen molar-refractivity contribution in [3.8, 4) is 0 Å². The van der Waals surface area contributed by atoms with E-state index in [2.05, 4.69) is 30.3 Å². The van der Waals surface area contributed by atoms with Gasteiger partial charge in [0.25, 0.3) is 0 Å². The number of nitrogens with two attached hydrogens (primary N) is 1. The molecule has 1 aliphatic carbocycles. The summed E-state index contributed by atoms with van der Waals surface area (Å²) in [5.41, 5.74) is 7.67. The quantitative estimate of drug-likeness (QED) is 0.858. The van der Waals surface area contributed by atoms with Gasteiger partial charge < -0.3 is 5.73 Å². The third kappa shape index (κ3) is 2.41. The van der Waals surface area contributed by atoms with Crippen molar-refractivity contribution in [2.45, 2.75) is 37.0 Å². The van der Waals surface area contributed by atoms with Gasteiger partial charge in [0.05, 0.1) is 0 Å². The van der Waals surface area contributed by atoms with Gasteiger partial charge in [0, 0.05) is 23.7 Å². The SMILES string of the molecule is CS[C@@H]1[C@H](N)C[C@H](c2ccncc2)C[C@@H]1C. The average molecular weight is 236 g/mol. The Labute approximate surface area is 102 Å². The maximum Gasteiger partial charge on any atom is 0.0270 e. The van der Waals surface area contributed by atoms with Gasteiger partial charge in [0.2, 0.25) is 0 Å². The molecule has 16 heavy (non-hydrogen) atoms. The van der Waals surface area contributed by atoms with Crippen molar-refractivity contribution in [3.05, 3.63) is 30.1 Å². The second-order valence-electron chi connectivity index (χ2n) is 4.79. The fourth-order valence-corrected chi connectivity index (χ4v) is 3.92. The molecule has 1 aromatic rings. The molecule has 4 atom stereocenters. The summed E-state index contributed by atoms with van der Waals surface area (Å²) in [4.78, 5) is 4.07. The molecule has 2 nitrogen and oxygen atoms in total. The molecule has 0 unspecified atom stereocenters. The maximum absolute atomic E-state index is 6.27. The van der Waals surface area contributed by atoms with E-state index < -0.39 is 0 Å². The molecule has 0 radical (unpaired) electrons. The largest absolute Gasteiger partial charge is 0.327 e. The molecule has 0 bridgehead atoms. The van der Waals surface area contributed by atoms with Crippen LogP contribution in [0.5, 0.6) is 0 Å². The molecule has 2 rings (SSSR count). The number of pyridine rings is 1. The predicted octanol–water partition coefficient (Wildman–Crippen LogP) is 2.65. The fraction of sp³-hybridized carbons (Fsp3) is 0.615. The van der Waals surface area contributed by atoms with Crippen molar-refractivity contribution < 1.29 is 0 Å². The lowest BCUT2D eigenvalue weighted by molar-refractivity contribution is 0.319. The number of hydrogen-bond donors (Lipinski definition) is 1. The Kier molecular flexibility index (Phi) is 3.87. The second kappa shape index (κ2) is 5.19. The summed E-state index contributed by atoms with van der Waals surface area (Å²) in [5, 5.41) is 0.623. The van der Waals surface area contributed by atoms with Crippen LogP contribution < -0.4 is 5.73 Å². The van der Waals surface area contributed by atoms with Gasteiger partial charge in [-0.15, -0.1) is 0 Å². The van der Waals surface area contributed by atoms with Crippen LogP contribution in [0, 0.1) is 5.92 Å². The van der Waals surface area contributed by atoms with E-state index in [0.717, 1.165) is 6.42 Å². The van der Waals surface area contributed by atoms with Crippen molar-refractivity contribution in [3.63, 3.8) is 0 Å². The summed E-state index contributed by atoms with van der Waals surface area (Å²) in [6.45, 7) is 2.33. The number of hydrogen-bond acceptors (Lipinski definition) is 3. The lowest BCUT2D eigenvalue weighted by Crippen LogP contribution is -2.42. The topological polar surface area (TPSA) is 38.9 Å². The number of aromatic nitrogens is 1. The Morgan fingerprint density at radius 3 is 2.56 bits per heavy atom. The molecule has 1 saturated carbocycles. The van der Waals surface area contributed by atoms with E-state index in [1.54, 1.807) is 0 Å². The smallest absolute Gasteiger partial charge is 0.0270 e. The van der Waals surface area contributed by atoms with E-state index >= 15 is 0 Å². The first kappa shape index (κ1) is 11.9. The molecule has 0 aromatic carbocycles. The van der Waals surface area contributed by atoms with Crippen LogP contribution in [0.4, 0.5) is 0 Å². The number of thioether (sulfide) groups is 1. The summed E-state index contributed by atoms with van der Waals surface area (Å²) >= 11 is 1.92. The van der Waals surface area contributed by atoms with Gasteiger partial charge in [-0.1, -0.05) is 6.92 Å². The van der Waals surface area contributed by atoms with Crippen molar-refractivity contribution in [2.24, 2.45) is 11.7 Å². The molecular weight excluding hydrogens is 216 g/mol. The molecule has 1 aliphatic rings. The molecule has 0 aliphatic heterocycles. The highest BCUT2D eigenvalue weighted by molar-refractivity contribution is 7.99. The van der Waals surface area contributed by atoms with E-state index in [1.165, 1.54) is 12.0 Å². The zero-order valence-corrected chi connectivity index (χ0v) is 10.8. The highest BCUT2D eigenvalue weighted by atomic mass is 32.2. The van der Waals surface area contributed by atoms with E-state index in [1.807, 2.05) is 24.2 Å². The molecule has 3 heteroatoms.